The number of carbonyl (C=O) groups is 2. The monoisotopic (exact) mass is 296 g/mol. The smallest absolute Gasteiger partial charge is 0.406 e. The zero-order valence-electron chi connectivity index (χ0n) is 11.3. The number of nitrogens with one attached hydrogen (secondary N) is 1. The van der Waals surface area contributed by atoms with Gasteiger partial charge in [0.05, 0.1) is 13.5 Å². The van der Waals surface area contributed by atoms with Gasteiger partial charge in [0.1, 0.15) is 6.54 Å². The highest BCUT2D eigenvalue weighted by molar-refractivity contribution is 5.77. The molecule has 0 aromatic carbocycles. The molecule has 20 heavy (non-hydrogen) atoms. The minimum atomic E-state index is -4.48. The van der Waals surface area contributed by atoms with E-state index in [1.807, 2.05) is 0 Å². The lowest BCUT2D eigenvalue weighted by Gasteiger charge is -2.23. The molecule has 0 heterocycles. The van der Waals surface area contributed by atoms with Crippen LogP contribution >= 0.6 is 0 Å². The second-order valence-electron chi connectivity index (χ2n) is 4.74. The van der Waals surface area contributed by atoms with Crippen molar-refractivity contribution in [3.8, 4) is 0 Å². The zero-order valence-corrected chi connectivity index (χ0v) is 11.3. The average molecular weight is 296 g/mol. The quantitative estimate of drug-likeness (QED) is 0.681. The van der Waals surface area contributed by atoms with E-state index in [1.165, 1.54) is 0 Å². The van der Waals surface area contributed by atoms with Gasteiger partial charge in [-0.05, 0) is 12.8 Å². The van der Waals surface area contributed by atoms with E-state index in [9.17, 15) is 22.8 Å². The standard InChI is InChI=1S/C12H19F3N2O3/c1-20-11(19)5-7-17(8-12(13,14)15)10(18)4-6-16-9-2-3-9/h9,16H,2-8H2,1H3. The van der Waals surface area contributed by atoms with Crippen LogP contribution in [0.25, 0.3) is 0 Å². The first-order valence-corrected chi connectivity index (χ1v) is 6.46. The molecule has 1 amide bonds. The number of hydrogen-bond acceptors (Lipinski definition) is 4. The van der Waals surface area contributed by atoms with Gasteiger partial charge in [0.25, 0.3) is 0 Å². The Kier molecular flexibility index (Phi) is 6.25. The van der Waals surface area contributed by atoms with Crippen LogP contribution in [0, 0.1) is 0 Å². The molecule has 0 aromatic rings. The number of carbonyl (C=O) groups excluding carboxylic acids is 2. The number of rotatable bonds is 8. The molecular weight excluding hydrogens is 277 g/mol. The molecule has 8 heteroatoms. The normalized spacial score (nSPS) is 15.0. The lowest BCUT2D eigenvalue weighted by Crippen LogP contribution is -2.41. The van der Waals surface area contributed by atoms with E-state index in [1.54, 1.807) is 0 Å². The molecule has 0 aromatic heterocycles. The van der Waals surface area contributed by atoms with Gasteiger partial charge in [0.15, 0.2) is 0 Å². The van der Waals surface area contributed by atoms with Gasteiger partial charge in [0.2, 0.25) is 5.91 Å². The molecule has 1 fully saturated rings. The van der Waals surface area contributed by atoms with Gasteiger partial charge in [-0.3, -0.25) is 9.59 Å². The van der Waals surface area contributed by atoms with Gasteiger partial charge >= 0.3 is 12.1 Å². The van der Waals surface area contributed by atoms with Crippen molar-refractivity contribution in [2.45, 2.75) is 37.9 Å². The van der Waals surface area contributed by atoms with Crippen molar-refractivity contribution in [3.05, 3.63) is 0 Å². The first-order chi connectivity index (χ1) is 9.31. The summed E-state index contributed by atoms with van der Waals surface area (Å²) >= 11 is 0. The second kappa shape index (κ2) is 7.47. The predicted octanol–water partition coefficient (Wildman–Crippen LogP) is 1.08. The molecule has 0 spiro atoms. The van der Waals surface area contributed by atoms with E-state index >= 15 is 0 Å². The van der Waals surface area contributed by atoms with Crippen molar-refractivity contribution in [1.29, 1.82) is 0 Å². The molecule has 1 saturated carbocycles. The number of amides is 1. The third-order valence-electron chi connectivity index (χ3n) is 2.89. The van der Waals surface area contributed by atoms with Crippen LogP contribution in [-0.2, 0) is 14.3 Å². The number of halogens is 3. The molecule has 0 radical (unpaired) electrons. The maximum absolute atomic E-state index is 12.4. The number of alkyl halides is 3. The molecule has 0 unspecified atom stereocenters. The van der Waals surface area contributed by atoms with Crippen LogP contribution < -0.4 is 5.32 Å². The zero-order chi connectivity index (χ0) is 15.2. The first-order valence-electron chi connectivity index (χ1n) is 6.46. The number of esters is 1. The Hall–Kier alpha value is -1.31. The number of methoxy groups -OCH3 is 1. The van der Waals surface area contributed by atoms with E-state index in [0.29, 0.717) is 17.5 Å². The Morgan fingerprint density at radius 1 is 1.30 bits per heavy atom. The molecule has 116 valence electrons. The average Bonchev–Trinajstić information content (AvgIpc) is 3.16. The minimum Gasteiger partial charge on any atom is -0.469 e. The first kappa shape index (κ1) is 16.7. The molecule has 1 rings (SSSR count). The van der Waals surface area contributed by atoms with Crippen molar-refractivity contribution in [3.63, 3.8) is 0 Å². The second-order valence-corrected chi connectivity index (χ2v) is 4.74. The largest absolute Gasteiger partial charge is 0.469 e. The summed E-state index contributed by atoms with van der Waals surface area (Å²) in [4.78, 5) is 23.4. The van der Waals surface area contributed by atoms with Gasteiger partial charge in [-0.1, -0.05) is 0 Å². The van der Waals surface area contributed by atoms with Crippen LogP contribution in [0.3, 0.4) is 0 Å². The minimum absolute atomic E-state index is 0.00620. The SMILES string of the molecule is COC(=O)CCN(CC(F)(F)F)C(=O)CCNC1CC1. The van der Waals surface area contributed by atoms with E-state index in [4.69, 9.17) is 0 Å². The van der Waals surface area contributed by atoms with Crippen LogP contribution in [0.4, 0.5) is 13.2 Å². The fourth-order valence-electron chi connectivity index (χ4n) is 1.67. The van der Waals surface area contributed by atoms with E-state index in [0.717, 1.165) is 20.0 Å². The number of hydrogen-bond donors (Lipinski definition) is 1. The van der Waals surface area contributed by atoms with Gasteiger partial charge in [0, 0.05) is 25.6 Å². The summed E-state index contributed by atoms with van der Waals surface area (Å²) in [5.74, 6) is -1.25. The molecule has 1 aliphatic rings. The van der Waals surface area contributed by atoms with E-state index < -0.39 is 24.6 Å². The third-order valence-corrected chi connectivity index (χ3v) is 2.89. The van der Waals surface area contributed by atoms with Gasteiger partial charge in [-0.2, -0.15) is 13.2 Å². The highest BCUT2D eigenvalue weighted by Gasteiger charge is 2.33. The van der Waals surface area contributed by atoms with Crippen LogP contribution in [0.5, 0.6) is 0 Å². The summed E-state index contributed by atoms with van der Waals surface area (Å²) in [6.45, 7) is -1.27. The lowest BCUT2D eigenvalue weighted by molar-refractivity contribution is -0.162. The molecule has 1 aliphatic carbocycles. The van der Waals surface area contributed by atoms with Crippen molar-refractivity contribution in [2.75, 3.05) is 26.7 Å². The Balaban J connectivity index is 2.41. The summed E-state index contributed by atoms with van der Waals surface area (Å²) in [5.41, 5.74) is 0. The Labute approximate surface area is 115 Å². The fourth-order valence-corrected chi connectivity index (χ4v) is 1.67. The maximum Gasteiger partial charge on any atom is 0.406 e. The van der Waals surface area contributed by atoms with Crippen molar-refractivity contribution in [2.24, 2.45) is 0 Å². The van der Waals surface area contributed by atoms with Crippen molar-refractivity contribution < 1.29 is 27.5 Å². The van der Waals surface area contributed by atoms with Crippen LogP contribution in [0.1, 0.15) is 25.7 Å². The van der Waals surface area contributed by atoms with Crippen molar-refractivity contribution in [1.82, 2.24) is 10.2 Å². The molecule has 0 atom stereocenters. The van der Waals surface area contributed by atoms with Gasteiger partial charge in [-0.25, -0.2) is 0 Å². The third kappa shape index (κ3) is 7.32. The van der Waals surface area contributed by atoms with Crippen LogP contribution in [0.15, 0.2) is 0 Å². The summed E-state index contributed by atoms with van der Waals surface area (Å²) < 4.78 is 41.6. The number of ether oxygens (including phenoxy) is 1. The summed E-state index contributed by atoms with van der Waals surface area (Å²) in [6, 6.07) is 0.397. The van der Waals surface area contributed by atoms with Gasteiger partial charge < -0.3 is 15.0 Å². The summed E-state index contributed by atoms with van der Waals surface area (Å²) in [6.07, 6.45) is -2.64. The molecule has 0 saturated heterocycles. The predicted molar refractivity (Wildman–Crippen MR) is 64.9 cm³/mol. The topological polar surface area (TPSA) is 58.6 Å². The Morgan fingerprint density at radius 2 is 1.95 bits per heavy atom. The molecule has 0 bridgehead atoms. The molecular formula is C12H19F3N2O3. The molecule has 1 N–H and O–H groups in total. The highest BCUT2D eigenvalue weighted by Crippen LogP contribution is 2.19. The Bertz CT molecular complexity index is 343. The van der Waals surface area contributed by atoms with Crippen molar-refractivity contribution >= 4 is 11.9 Å². The lowest BCUT2D eigenvalue weighted by atomic mass is 10.3. The maximum atomic E-state index is 12.4. The molecule has 5 nitrogen and oxygen atoms in total. The fraction of sp³-hybridized carbons (Fsp3) is 0.833. The summed E-state index contributed by atoms with van der Waals surface area (Å²) in [7, 11) is 1.15. The highest BCUT2D eigenvalue weighted by atomic mass is 19.4. The van der Waals surface area contributed by atoms with E-state index in [-0.39, 0.29) is 19.4 Å². The Morgan fingerprint density at radius 3 is 2.45 bits per heavy atom. The van der Waals surface area contributed by atoms with Crippen LogP contribution in [0.2, 0.25) is 0 Å². The number of nitrogens with zero attached hydrogens (tertiary/aromatic N) is 1. The van der Waals surface area contributed by atoms with E-state index in [2.05, 4.69) is 10.1 Å². The van der Waals surface area contributed by atoms with Crippen LogP contribution in [-0.4, -0.2) is 55.7 Å². The summed E-state index contributed by atoms with van der Waals surface area (Å²) in [5, 5.41) is 3.06. The van der Waals surface area contributed by atoms with Gasteiger partial charge in [-0.15, -0.1) is 0 Å². The molecule has 0 aliphatic heterocycles.